The molecular weight excluding hydrogens is 242 g/mol. The summed E-state index contributed by atoms with van der Waals surface area (Å²) in [7, 11) is 3.41. The Morgan fingerprint density at radius 2 is 1.68 bits per heavy atom. The molecule has 4 nitrogen and oxygen atoms in total. The van der Waals surface area contributed by atoms with Crippen LogP contribution in [0.25, 0.3) is 0 Å². The Hall–Kier alpha value is -0.940. The summed E-state index contributed by atoms with van der Waals surface area (Å²) in [5.74, 6) is 0. The predicted molar refractivity (Wildman–Crippen MR) is 74.0 cm³/mol. The molecule has 1 N–H and O–H groups in total. The summed E-state index contributed by atoms with van der Waals surface area (Å²) in [4.78, 5) is 2.19. The van der Waals surface area contributed by atoms with E-state index in [1.807, 2.05) is 37.3 Å². The monoisotopic (exact) mass is 265 g/mol. The summed E-state index contributed by atoms with van der Waals surface area (Å²) in [6, 6.07) is 9.76. The summed E-state index contributed by atoms with van der Waals surface area (Å²) in [5.41, 5.74) is 0.0761. The fraction of sp³-hybridized carbons (Fsp3) is 0.600. The lowest BCUT2D eigenvalue weighted by atomic mass is 9.95. The van der Waals surface area contributed by atoms with E-state index < -0.39 is 5.60 Å². The standard InChI is InChI=1S/C15H23NO3/c1-15(17,12-7-5-4-6-8-12)11-16-9-13(18-2)14(10-16)19-3/h4-8,13-14,17H,9-11H2,1-3H3. The summed E-state index contributed by atoms with van der Waals surface area (Å²) in [6.07, 6.45) is 0.160. The van der Waals surface area contributed by atoms with Crippen LogP contribution < -0.4 is 0 Å². The SMILES string of the molecule is COC1CN(CC(C)(O)c2ccccc2)CC1OC. The lowest BCUT2D eigenvalue weighted by molar-refractivity contribution is -0.00461. The maximum Gasteiger partial charge on any atom is 0.0994 e. The van der Waals surface area contributed by atoms with E-state index in [9.17, 15) is 5.11 Å². The number of nitrogens with zero attached hydrogens (tertiary/aromatic N) is 1. The van der Waals surface area contributed by atoms with Gasteiger partial charge in [-0.05, 0) is 12.5 Å². The van der Waals surface area contributed by atoms with Gasteiger partial charge in [0.2, 0.25) is 0 Å². The Labute approximate surface area is 114 Å². The van der Waals surface area contributed by atoms with Crippen LogP contribution in [0.1, 0.15) is 12.5 Å². The highest BCUT2D eigenvalue weighted by Gasteiger charge is 2.36. The van der Waals surface area contributed by atoms with Crippen LogP contribution in [-0.2, 0) is 15.1 Å². The zero-order valence-corrected chi connectivity index (χ0v) is 11.9. The van der Waals surface area contributed by atoms with Crippen LogP contribution in [0.2, 0.25) is 0 Å². The zero-order valence-electron chi connectivity index (χ0n) is 11.9. The van der Waals surface area contributed by atoms with Gasteiger partial charge in [-0.15, -0.1) is 0 Å². The number of likely N-dealkylation sites (tertiary alicyclic amines) is 1. The van der Waals surface area contributed by atoms with E-state index in [2.05, 4.69) is 4.90 Å². The molecule has 1 aliphatic heterocycles. The molecule has 0 spiro atoms. The van der Waals surface area contributed by atoms with Crippen molar-refractivity contribution >= 4 is 0 Å². The molecule has 0 radical (unpaired) electrons. The third kappa shape index (κ3) is 3.34. The van der Waals surface area contributed by atoms with E-state index >= 15 is 0 Å². The third-order valence-electron chi connectivity index (χ3n) is 3.82. The van der Waals surface area contributed by atoms with Gasteiger partial charge in [0.1, 0.15) is 0 Å². The van der Waals surface area contributed by atoms with Crippen molar-refractivity contribution in [2.45, 2.75) is 24.7 Å². The molecule has 0 aliphatic carbocycles. The van der Waals surface area contributed by atoms with Crippen molar-refractivity contribution in [3.8, 4) is 0 Å². The van der Waals surface area contributed by atoms with Crippen molar-refractivity contribution in [2.75, 3.05) is 33.9 Å². The largest absolute Gasteiger partial charge is 0.384 e. The molecule has 1 aliphatic rings. The van der Waals surface area contributed by atoms with Crippen molar-refractivity contribution in [1.82, 2.24) is 4.90 Å². The molecule has 3 atom stereocenters. The molecule has 2 rings (SSSR count). The minimum Gasteiger partial charge on any atom is -0.384 e. The fourth-order valence-corrected chi connectivity index (χ4v) is 2.72. The molecule has 0 aromatic heterocycles. The molecule has 1 aromatic carbocycles. The van der Waals surface area contributed by atoms with Crippen LogP contribution in [-0.4, -0.2) is 56.1 Å². The second kappa shape index (κ2) is 6.01. The first-order chi connectivity index (χ1) is 9.06. The van der Waals surface area contributed by atoms with Crippen LogP contribution in [0.5, 0.6) is 0 Å². The van der Waals surface area contributed by atoms with E-state index in [0.29, 0.717) is 6.54 Å². The second-order valence-electron chi connectivity index (χ2n) is 5.38. The molecule has 0 saturated carbocycles. The summed E-state index contributed by atoms with van der Waals surface area (Å²) >= 11 is 0. The van der Waals surface area contributed by atoms with Crippen LogP contribution in [0.15, 0.2) is 30.3 Å². The minimum atomic E-state index is -0.859. The van der Waals surface area contributed by atoms with E-state index in [1.54, 1.807) is 14.2 Å². The number of ether oxygens (including phenoxy) is 2. The van der Waals surface area contributed by atoms with E-state index in [1.165, 1.54) is 0 Å². The van der Waals surface area contributed by atoms with Gasteiger partial charge in [-0.3, -0.25) is 4.90 Å². The molecule has 1 aromatic rings. The quantitative estimate of drug-likeness (QED) is 0.870. The van der Waals surface area contributed by atoms with Gasteiger partial charge >= 0.3 is 0 Å². The summed E-state index contributed by atoms with van der Waals surface area (Å²) < 4.78 is 10.8. The molecule has 0 bridgehead atoms. The number of hydrogen-bond acceptors (Lipinski definition) is 4. The summed E-state index contributed by atoms with van der Waals surface area (Å²) in [5, 5.41) is 10.6. The normalized spacial score (nSPS) is 27.4. The molecule has 106 valence electrons. The molecule has 1 saturated heterocycles. The van der Waals surface area contributed by atoms with Crippen LogP contribution in [0, 0.1) is 0 Å². The maximum absolute atomic E-state index is 10.6. The Morgan fingerprint density at radius 3 is 2.16 bits per heavy atom. The van der Waals surface area contributed by atoms with Crippen molar-refractivity contribution in [1.29, 1.82) is 0 Å². The topological polar surface area (TPSA) is 41.9 Å². The first kappa shape index (κ1) is 14.5. The molecule has 1 heterocycles. The molecule has 1 fully saturated rings. The average molecular weight is 265 g/mol. The summed E-state index contributed by atoms with van der Waals surface area (Å²) in [6.45, 7) is 4.01. The van der Waals surface area contributed by atoms with Crippen molar-refractivity contribution in [3.05, 3.63) is 35.9 Å². The van der Waals surface area contributed by atoms with Crippen molar-refractivity contribution in [2.24, 2.45) is 0 Å². The lowest BCUT2D eigenvalue weighted by Gasteiger charge is -2.29. The number of rotatable bonds is 5. The number of hydrogen-bond donors (Lipinski definition) is 1. The van der Waals surface area contributed by atoms with E-state index in [4.69, 9.17) is 9.47 Å². The first-order valence-corrected chi connectivity index (χ1v) is 6.62. The highest BCUT2D eigenvalue weighted by Crippen LogP contribution is 2.25. The zero-order chi connectivity index (χ0) is 13.9. The molecule has 19 heavy (non-hydrogen) atoms. The number of methoxy groups -OCH3 is 2. The predicted octanol–water partition coefficient (Wildman–Crippen LogP) is 1.24. The molecule has 4 heteroatoms. The average Bonchev–Trinajstić information content (AvgIpc) is 2.81. The van der Waals surface area contributed by atoms with Crippen molar-refractivity contribution < 1.29 is 14.6 Å². The fourth-order valence-electron chi connectivity index (χ4n) is 2.72. The van der Waals surface area contributed by atoms with Gasteiger partial charge < -0.3 is 14.6 Å². The highest BCUT2D eigenvalue weighted by atomic mass is 16.5. The Morgan fingerprint density at radius 1 is 1.16 bits per heavy atom. The third-order valence-corrected chi connectivity index (χ3v) is 3.82. The van der Waals surface area contributed by atoms with Gasteiger partial charge in [-0.2, -0.15) is 0 Å². The van der Waals surface area contributed by atoms with Gasteiger partial charge in [0, 0.05) is 33.9 Å². The van der Waals surface area contributed by atoms with Gasteiger partial charge in [0.25, 0.3) is 0 Å². The van der Waals surface area contributed by atoms with Gasteiger partial charge in [-0.1, -0.05) is 30.3 Å². The van der Waals surface area contributed by atoms with Gasteiger partial charge in [0.05, 0.1) is 17.8 Å². The van der Waals surface area contributed by atoms with Crippen LogP contribution >= 0.6 is 0 Å². The van der Waals surface area contributed by atoms with E-state index in [-0.39, 0.29) is 12.2 Å². The number of benzene rings is 1. The Bertz CT molecular complexity index is 382. The lowest BCUT2D eigenvalue weighted by Crippen LogP contribution is -2.38. The smallest absolute Gasteiger partial charge is 0.0994 e. The van der Waals surface area contributed by atoms with Crippen molar-refractivity contribution in [3.63, 3.8) is 0 Å². The minimum absolute atomic E-state index is 0.0802. The van der Waals surface area contributed by atoms with Gasteiger partial charge in [-0.25, -0.2) is 0 Å². The number of β-amino-alcohol motifs (C(OH)–C–C–N with tert-alkyl or cyclic N) is 1. The molecule has 0 amide bonds. The van der Waals surface area contributed by atoms with Gasteiger partial charge in [0.15, 0.2) is 0 Å². The Balaban J connectivity index is 2.02. The Kier molecular flexibility index (Phi) is 4.58. The molecule has 3 unspecified atom stereocenters. The highest BCUT2D eigenvalue weighted by molar-refractivity contribution is 5.22. The van der Waals surface area contributed by atoms with E-state index in [0.717, 1.165) is 18.7 Å². The second-order valence-corrected chi connectivity index (χ2v) is 5.38. The first-order valence-electron chi connectivity index (χ1n) is 6.62. The molecular formula is C15H23NO3. The van der Waals surface area contributed by atoms with Crippen LogP contribution in [0.3, 0.4) is 0 Å². The maximum atomic E-state index is 10.6. The number of aliphatic hydroxyl groups is 1. The van der Waals surface area contributed by atoms with Crippen LogP contribution in [0.4, 0.5) is 0 Å².